The second kappa shape index (κ2) is 5.32. The lowest BCUT2D eigenvalue weighted by Crippen LogP contribution is -2.32. The Morgan fingerprint density at radius 3 is 2.90 bits per heavy atom. The Kier molecular flexibility index (Phi) is 3.64. The van der Waals surface area contributed by atoms with E-state index in [1.807, 2.05) is 16.9 Å². The molecule has 114 valence electrons. The molecule has 0 spiro atoms. The molecule has 1 fully saturated rings. The summed E-state index contributed by atoms with van der Waals surface area (Å²) in [6.07, 6.45) is 8.83. The lowest BCUT2D eigenvalue weighted by Gasteiger charge is -2.35. The van der Waals surface area contributed by atoms with E-state index in [1.165, 1.54) is 25.7 Å². The fourth-order valence-corrected chi connectivity index (χ4v) is 3.35. The van der Waals surface area contributed by atoms with E-state index in [2.05, 4.69) is 49.2 Å². The summed E-state index contributed by atoms with van der Waals surface area (Å²) in [5.74, 6) is 1.41. The van der Waals surface area contributed by atoms with Crippen molar-refractivity contribution in [2.75, 3.05) is 5.32 Å². The molecule has 1 unspecified atom stereocenters. The van der Waals surface area contributed by atoms with Gasteiger partial charge in [0.1, 0.15) is 5.52 Å². The van der Waals surface area contributed by atoms with Gasteiger partial charge in [0.05, 0.1) is 5.69 Å². The van der Waals surface area contributed by atoms with Crippen molar-refractivity contribution >= 4 is 11.3 Å². The highest BCUT2D eigenvalue weighted by molar-refractivity contribution is 5.68. The topological polar surface area (TPSA) is 42.2 Å². The molecule has 2 aromatic heterocycles. The van der Waals surface area contributed by atoms with E-state index in [0.29, 0.717) is 17.4 Å². The smallest absolute Gasteiger partial charge is 0.152 e. The van der Waals surface area contributed by atoms with E-state index in [-0.39, 0.29) is 0 Å². The van der Waals surface area contributed by atoms with E-state index < -0.39 is 0 Å². The third kappa shape index (κ3) is 3.04. The maximum Gasteiger partial charge on any atom is 0.152 e. The lowest BCUT2D eigenvalue weighted by molar-refractivity contribution is 0.229. The van der Waals surface area contributed by atoms with Crippen LogP contribution in [0.1, 0.15) is 65.0 Å². The molecule has 21 heavy (non-hydrogen) atoms. The van der Waals surface area contributed by atoms with Crippen LogP contribution in [0.4, 0.5) is 5.82 Å². The van der Waals surface area contributed by atoms with Crippen LogP contribution in [0.25, 0.3) is 5.52 Å². The van der Waals surface area contributed by atoms with Crippen molar-refractivity contribution in [1.82, 2.24) is 14.6 Å². The molecule has 0 amide bonds. The molecule has 0 aliphatic heterocycles. The monoisotopic (exact) mass is 286 g/mol. The Bertz CT molecular complexity index is 627. The van der Waals surface area contributed by atoms with Gasteiger partial charge in [-0.1, -0.05) is 34.1 Å². The predicted molar refractivity (Wildman–Crippen MR) is 86.7 cm³/mol. The Morgan fingerprint density at radius 1 is 1.38 bits per heavy atom. The number of nitrogens with zero attached hydrogens (tertiary/aromatic N) is 3. The average molecular weight is 286 g/mol. The molecule has 4 nitrogen and oxygen atoms in total. The summed E-state index contributed by atoms with van der Waals surface area (Å²) in [7, 11) is 0. The van der Waals surface area contributed by atoms with Gasteiger partial charge in [0.25, 0.3) is 0 Å². The highest BCUT2D eigenvalue weighted by atomic mass is 15.2. The second-order valence-corrected chi connectivity index (χ2v) is 7.43. The van der Waals surface area contributed by atoms with E-state index in [4.69, 9.17) is 0 Å². The summed E-state index contributed by atoms with van der Waals surface area (Å²) in [6.45, 7) is 9.08. The van der Waals surface area contributed by atoms with Crippen LogP contribution in [-0.4, -0.2) is 20.6 Å². The zero-order chi connectivity index (χ0) is 15.0. The summed E-state index contributed by atoms with van der Waals surface area (Å²) in [5.41, 5.74) is 2.64. The van der Waals surface area contributed by atoms with Crippen molar-refractivity contribution in [2.24, 2.45) is 5.41 Å². The third-order valence-corrected chi connectivity index (χ3v) is 4.55. The Morgan fingerprint density at radius 2 is 2.19 bits per heavy atom. The molecule has 2 aromatic rings. The van der Waals surface area contributed by atoms with Crippen LogP contribution in [0.15, 0.2) is 18.5 Å². The maximum atomic E-state index is 4.63. The van der Waals surface area contributed by atoms with Gasteiger partial charge in [-0.15, -0.1) is 0 Å². The molecule has 0 aromatic carbocycles. The fraction of sp³-hybridized carbons (Fsp3) is 0.647. The van der Waals surface area contributed by atoms with Gasteiger partial charge >= 0.3 is 0 Å². The Hall–Kier alpha value is -1.58. The first kappa shape index (κ1) is 14.4. The number of rotatable bonds is 3. The largest absolute Gasteiger partial charge is 0.366 e. The van der Waals surface area contributed by atoms with Gasteiger partial charge < -0.3 is 5.32 Å². The Balaban J connectivity index is 1.86. The van der Waals surface area contributed by atoms with Gasteiger partial charge in [-0.25, -0.2) is 9.50 Å². The molecule has 1 N–H and O–H groups in total. The number of anilines is 1. The number of hydrogen-bond donors (Lipinski definition) is 1. The minimum absolute atomic E-state index is 0.435. The van der Waals surface area contributed by atoms with Crippen LogP contribution < -0.4 is 5.32 Å². The summed E-state index contributed by atoms with van der Waals surface area (Å²) in [4.78, 5) is 4.55. The quantitative estimate of drug-likeness (QED) is 0.918. The molecular weight excluding hydrogens is 260 g/mol. The zero-order valence-electron chi connectivity index (χ0n) is 13.6. The van der Waals surface area contributed by atoms with Gasteiger partial charge in [0.2, 0.25) is 0 Å². The van der Waals surface area contributed by atoms with Crippen molar-refractivity contribution in [3.63, 3.8) is 0 Å². The standard InChI is InChI=1S/C17H26N4/c1-12(2)14-10-15-16(18-8-9-21(15)20-14)19-13-6-5-7-17(3,4)11-13/h8-10,12-13H,5-7,11H2,1-4H3,(H,18,19). The predicted octanol–water partition coefficient (Wildman–Crippen LogP) is 4.23. The van der Waals surface area contributed by atoms with E-state index in [1.54, 1.807) is 0 Å². The summed E-state index contributed by atoms with van der Waals surface area (Å²) < 4.78 is 1.94. The minimum atomic E-state index is 0.435. The Labute approximate surface area is 127 Å². The number of hydrogen-bond acceptors (Lipinski definition) is 3. The molecule has 3 rings (SSSR count). The molecule has 0 radical (unpaired) electrons. The van der Waals surface area contributed by atoms with Crippen LogP contribution in [-0.2, 0) is 0 Å². The highest BCUT2D eigenvalue weighted by Gasteiger charge is 2.28. The zero-order valence-corrected chi connectivity index (χ0v) is 13.6. The first-order chi connectivity index (χ1) is 9.94. The molecule has 1 atom stereocenters. The molecule has 2 heterocycles. The number of aromatic nitrogens is 3. The van der Waals surface area contributed by atoms with Gasteiger partial charge in [0, 0.05) is 18.4 Å². The molecule has 0 bridgehead atoms. The normalized spacial score (nSPS) is 21.9. The van der Waals surface area contributed by atoms with Crippen LogP contribution in [0.5, 0.6) is 0 Å². The summed E-state index contributed by atoms with van der Waals surface area (Å²) >= 11 is 0. The van der Waals surface area contributed by atoms with E-state index in [0.717, 1.165) is 17.0 Å². The first-order valence-corrected chi connectivity index (χ1v) is 8.05. The van der Waals surface area contributed by atoms with Gasteiger partial charge in [-0.05, 0) is 36.7 Å². The van der Waals surface area contributed by atoms with Crippen molar-refractivity contribution < 1.29 is 0 Å². The van der Waals surface area contributed by atoms with Crippen molar-refractivity contribution in [2.45, 2.75) is 65.3 Å². The number of fused-ring (bicyclic) bond motifs is 1. The second-order valence-electron chi connectivity index (χ2n) is 7.43. The van der Waals surface area contributed by atoms with Crippen molar-refractivity contribution in [3.05, 3.63) is 24.2 Å². The SMILES string of the molecule is CC(C)c1cc2c(NC3CCCC(C)(C)C3)nccn2n1. The number of nitrogens with one attached hydrogen (secondary N) is 1. The summed E-state index contributed by atoms with van der Waals surface area (Å²) in [6, 6.07) is 2.68. The third-order valence-electron chi connectivity index (χ3n) is 4.55. The molecule has 1 aliphatic carbocycles. The molecule has 4 heteroatoms. The van der Waals surface area contributed by atoms with Crippen LogP contribution in [0, 0.1) is 5.41 Å². The maximum absolute atomic E-state index is 4.63. The minimum Gasteiger partial charge on any atom is -0.366 e. The van der Waals surface area contributed by atoms with Crippen LogP contribution in [0.2, 0.25) is 0 Å². The van der Waals surface area contributed by atoms with Crippen molar-refractivity contribution in [3.8, 4) is 0 Å². The van der Waals surface area contributed by atoms with Crippen LogP contribution >= 0.6 is 0 Å². The highest BCUT2D eigenvalue weighted by Crippen LogP contribution is 2.36. The van der Waals surface area contributed by atoms with Crippen LogP contribution in [0.3, 0.4) is 0 Å². The molecule has 0 saturated heterocycles. The molecule has 1 saturated carbocycles. The fourth-order valence-electron chi connectivity index (χ4n) is 3.35. The lowest BCUT2D eigenvalue weighted by atomic mass is 9.75. The van der Waals surface area contributed by atoms with Crippen molar-refractivity contribution in [1.29, 1.82) is 0 Å². The van der Waals surface area contributed by atoms with E-state index in [9.17, 15) is 0 Å². The first-order valence-electron chi connectivity index (χ1n) is 8.05. The summed E-state index contributed by atoms with van der Waals surface area (Å²) in [5, 5.41) is 8.29. The van der Waals surface area contributed by atoms with Gasteiger partial charge in [-0.2, -0.15) is 5.10 Å². The van der Waals surface area contributed by atoms with Gasteiger partial charge in [0.15, 0.2) is 5.82 Å². The molecular formula is C17H26N4. The molecule has 1 aliphatic rings. The average Bonchev–Trinajstić information content (AvgIpc) is 2.83. The van der Waals surface area contributed by atoms with Gasteiger partial charge in [-0.3, -0.25) is 0 Å². The van der Waals surface area contributed by atoms with E-state index >= 15 is 0 Å².